The third kappa shape index (κ3) is 6.54. The average molecular weight is 575 g/mol. The summed E-state index contributed by atoms with van der Waals surface area (Å²) in [6.07, 6.45) is -5.05. The molecule has 0 unspecified atom stereocenters. The van der Waals surface area contributed by atoms with E-state index >= 15 is 0 Å². The quantitative estimate of drug-likeness (QED) is 0.257. The molecule has 0 bridgehead atoms. The second-order valence-corrected chi connectivity index (χ2v) is 9.62. The fraction of sp³-hybridized carbons (Fsp3) is 0.321. The van der Waals surface area contributed by atoms with Crippen molar-refractivity contribution >= 4 is 16.6 Å². The topological polar surface area (TPSA) is 81.1 Å². The SMILES string of the molecule is N#Cc1ccc2[nH]cc(CCCN3CCN(c4ccc(Oc5nccc(C(F)(F)F)n5)cc4C(F)(F)F)CC3)c2c1. The number of aryl methyl sites for hydroxylation is 1. The molecule has 1 aliphatic heterocycles. The monoisotopic (exact) mass is 574 g/mol. The van der Waals surface area contributed by atoms with Crippen molar-refractivity contribution < 1.29 is 31.1 Å². The minimum absolute atomic E-state index is 0.0263. The van der Waals surface area contributed by atoms with Gasteiger partial charge in [-0.15, -0.1) is 0 Å². The summed E-state index contributed by atoms with van der Waals surface area (Å²) >= 11 is 0. The number of aromatic nitrogens is 3. The molecule has 1 aliphatic rings. The van der Waals surface area contributed by atoms with Crippen molar-refractivity contribution in [3.8, 4) is 17.8 Å². The molecule has 3 heterocycles. The first-order valence-corrected chi connectivity index (χ1v) is 12.8. The van der Waals surface area contributed by atoms with Crippen molar-refractivity contribution in [3.63, 3.8) is 0 Å². The Labute approximate surface area is 231 Å². The minimum atomic E-state index is -4.75. The highest BCUT2D eigenvalue weighted by Gasteiger charge is 2.37. The molecule has 0 spiro atoms. The number of rotatable bonds is 7. The maximum atomic E-state index is 14.0. The molecule has 5 rings (SSSR count). The van der Waals surface area contributed by atoms with E-state index < -0.39 is 29.6 Å². The largest absolute Gasteiger partial charge is 0.433 e. The lowest BCUT2D eigenvalue weighted by Gasteiger charge is -2.37. The number of nitrogens with zero attached hydrogens (tertiary/aromatic N) is 5. The van der Waals surface area contributed by atoms with Crippen LogP contribution in [0.5, 0.6) is 11.8 Å². The van der Waals surface area contributed by atoms with Gasteiger partial charge >= 0.3 is 18.4 Å². The Hall–Kier alpha value is -4.31. The van der Waals surface area contributed by atoms with Crippen LogP contribution < -0.4 is 9.64 Å². The maximum absolute atomic E-state index is 14.0. The predicted molar refractivity (Wildman–Crippen MR) is 139 cm³/mol. The van der Waals surface area contributed by atoms with Gasteiger partial charge in [0.05, 0.1) is 17.2 Å². The fourth-order valence-electron chi connectivity index (χ4n) is 4.90. The molecule has 0 aliphatic carbocycles. The van der Waals surface area contributed by atoms with Gasteiger partial charge in [-0.3, -0.25) is 4.90 Å². The van der Waals surface area contributed by atoms with E-state index in [4.69, 9.17) is 10.00 Å². The van der Waals surface area contributed by atoms with Crippen molar-refractivity contribution in [3.05, 3.63) is 77.2 Å². The van der Waals surface area contributed by atoms with Gasteiger partial charge in [0.25, 0.3) is 0 Å². The number of piperazine rings is 1. The Morgan fingerprint density at radius 3 is 2.44 bits per heavy atom. The second-order valence-electron chi connectivity index (χ2n) is 9.62. The highest BCUT2D eigenvalue weighted by atomic mass is 19.4. The summed E-state index contributed by atoms with van der Waals surface area (Å²) in [6.45, 7) is 2.66. The zero-order chi connectivity index (χ0) is 29.2. The van der Waals surface area contributed by atoms with Gasteiger partial charge in [-0.2, -0.15) is 36.6 Å². The first-order valence-electron chi connectivity index (χ1n) is 12.8. The smallest absolute Gasteiger partial charge is 0.424 e. The van der Waals surface area contributed by atoms with Gasteiger partial charge in [-0.05, 0) is 67.4 Å². The first kappa shape index (κ1) is 28.2. The molecule has 13 heteroatoms. The van der Waals surface area contributed by atoms with Crippen LogP contribution in [0.3, 0.4) is 0 Å². The number of anilines is 1. The van der Waals surface area contributed by atoms with E-state index in [-0.39, 0.29) is 11.4 Å². The molecule has 0 saturated carbocycles. The van der Waals surface area contributed by atoms with E-state index in [0.717, 1.165) is 48.1 Å². The Kier molecular flexibility index (Phi) is 7.77. The van der Waals surface area contributed by atoms with E-state index in [1.807, 2.05) is 18.3 Å². The van der Waals surface area contributed by atoms with Crippen LogP contribution in [0.15, 0.2) is 54.9 Å². The molecule has 2 aromatic heterocycles. The van der Waals surface area contributed by atoms with E-state index in [1.165, 1.54) is 12.1 Å². The number of halogens is 6. The number of nitrogens with one attached hydrogen (secondary N) is 1. The summed E-state index contributed by atoms with van der Waals surface area (Å²) in [5.74, 6) is -0.321. The van der Waals surface area contributed by atoms with Crippen molar-refractivity contribution in [2.45, 2.75) is 25.2 Å². The summed E-state index contributed by atoms with van der Waals surface area (Å²) in [6, 6.07) is 10.9. The van der Waals surface area contributed by atoms with Gasteiger partial charge in [-0.25, -0.2) is 4.98 Å². The number of aromatic amines is 1. The number of H-pyrrole nitrogens is 1. The highest BCUT2D eigenvalue weighted by molar-refractivity contribution is 5.84. The van der Waals surface area contributed by atoms with Crippen LogP contribution in [0.4, 0.5) is 32.0 Å². The van der Waals surface area contributed by atoms with Gasteiger partial charge < -0.3 is 14.6 Å². The second kappa shape index (κ2) is 11.3. The number of benzene rings is 2. The van der Waals surface area contributed by atoms with Gasteiger partial charge in [0.15, 0.2) is 5.69 Å². The van der Waals surface area contributed by atoms with Crippen LogP contribution in [-0.4, -0.2) is 52.6 Å². The molecule has 41 heavy (non-hydrogen) atoms. The lowest BCUT2D eigenvalue weighted by atomic mass is 10.1. The summed E-state index contributed by atoms with van der Waals surface area (Å²) < 4.78 is 85.9. The van der Waals surface area contributed by atoms with E-state index in [1.54, 1.807) is 11.0 Å². The summed E-state index contributed by atoms with van der Waals surface area (Å²) in [7, 11) is 0. The average Bonchev–Trinajstić information content (AvgIpc) is 3.35. The minimum Gasteiger partial charge on any atom is -0.424 e. The van der Waals surface area contributed by atoms with E-state index in [9.17, 15) is 26.3 Å². The number of fused-ring (bicyclic) bond motifs is 1. The number of hydrogen-bond donors (Lipinski definition) is 1. The lowest BCUT2D eigenvalue weighted by Crippen LogP contribution is -2.47. The number of alkyl halides is 6. The fourth-order valence-corrected chi connectivity index (χ4v) is 4.90. The Morgan fingerprint density at radius 2 is 1.73 bits per heavy atom. The summed E-state index contributed by atoms with van der Waals surface area (Å²) in [4.78, 5) is 13.9. The van der Waals surface area contributed by atoms with Gasteiger partial charge in [-0.1, -0.05) is 0 Å². The number of nitriles is 1. The van der Waals surface area contributed by atoms with Crippen LogP contribution in [0.2, 0.25) is 0 Å². The molecule has 0 atom stereocenters. The van der Waals surface area contributed by atoms with E-state index in [2.05, 4.69) is 25.9 Å². The van der Waals surface area contributed by atoms with Gasteiger partial charge in [0, 0.05) is 55.2 Å². The standard InChI is InChI=1S/C28H24F6N6O/c29-27(30,31)22-15-20(41-26-36-8-7-25(38-26)28(32,33)34)4-6-24(22)40-12-10-39(11-13-40)9-1-2-19-17-37-23-5-3-18(16-35)14-21(19)23/h3-8,14-15,17,37H,1-2,9-13H2. The Morgan fingerprint density at radius 1 is 0.951 bits per heavy atom. The molecule has 214 valence electrons. The highest BCUT2D eigenvalue weighted by Crippen LogP contribution is 2.40. The van der Waals surface area contributed by atoms with Crippen molar-refractivity contribution in [2.75, 3.05) is 37.6 Å². The lowest BCUT2D eigenvalue weighted by molar-refractivity contribution is -0.141. The van der Waals surface area contributed by atoms with Gasteiger partial charge in [0.1, 0.15) is 5.75 Å². The molecule has 0 radical (unpaired) electrons. The first-order chi connectivity index (χ1) is 19.5. The maximum Gasteiger partial charge on any atom is 0.433 e. The van der Waals surface area contributed by atoms with Crippen molar-refractivity contribution in [1.82, 2.24) is 19.9 Å². The molecule has 2 aromatic carbocycles. The third-order valence-electron chi connectivity index (χ3n) is 6.94. The van der Waals surface area contributed by atoms with E-state index in [0.29, 0.717) is 37.8 Å². The van der Waals surface area contributed by atoms with Crippen LogP contribution in [0.1, 0.15) is 28.8 Å². The van der Waals surface area contributed by atoms with Crippen molar-refractivity contribution in [1.29, 1.82) is 5.26 Å². The number of ether oxygens (including phenoxy) is 1. The summed E-state index contributed by atoms with van der Waals surface area (Å²) in [5.41, 5.74) is 0.433. The van der Waals surface area contributed by atoms with Crippen LogP contribution in [0, 0.1) is 11.3 Å². The molecule has 0 amide bonds. The van der Waals surface area contributed by atoms with Crippen LogP contribution in [-0.2, 0) is 18.8 Å². The molecule has 1 saturated heterocycles. The molecular weight excluding hydrogens is 550 g/mol. The molecular formula is C28H24F6N6O. The van der Waals surface area contributed by atoms with Crippen LogP contribution in [0.25, 0.3) is 10.9 Å². The zero-order valence-electron chi connectivity index (χ0n) is 21.6. The van der Waals surface area contributed by atoms with Crippen LogP contribution >= 0.6 is 0 Å². The van der Waals surface area contributed by atoms with Gasteiger partial charge in [0.2, 0.25) is 0 Å². The summed E-state index contributed by atoms with van der Waals surface area (Å²) in [5, 5.41) is 10.2. The normalized spacial score (nSPS) is 14.8. The Balaban J connectivity index is 1.21. The number of hydrogen-bond acceptors (Lipinski definition) is 6. The molecule has 7 nitrogen and oxygen atoms in total. The third-order valence-corrected chi connectivity index (χ3v) is 6.94. The molecule has 1 N–H and O–H groups in total. The van der Waals surface area contributed by atoms with Crippen molar-refractivity contribution in [2.24, 2.45) is 0 Å². The Bertz CT molecular complexity index is 1570. The molecule has 1 fully saturated rings. The zero-order valence-corrected chi connectivity index (χ0v) is 21.6. The molecule has 4 aromatic rings. The predicted octanol–water partition coefficient (Wildman–Crippen LogP) is 6.41.